The minimum atomic E-state index is 0.946. The number of rotatable bonds is 0. The molecule has 2 nitrogen and oxygen atoms in total. The first-order valence-corrected chi connectivity index (χ1v) is 4.37. The molecule has 0 aliphatic carbocycles. The number of benzene rings is 1. The van der Waals surface area contributed by atoms with Gasteiger partial charge in [0.2, 0.25) is 0 Å². The number of hydrogen-bond donors (Lipinski definition) is 0. The summed E-state index contributed by atoms with van der Waals surface area (Å²) in [5.41, 5.74) is 2.66. The molecule has 13 heavy (non-hydrogen) atoms. The predicted octanol–water partition coefficient (Wildman–Crippen LogP) is 1.67. The van der Waals surface area contributed by atoms with Crippen molar-refractivity contribution in [3.63, 3.8) is 0 Å². The molecule has 0 radical (unpaired) electrons. The van der Waals surface area contributed by atoms with Crippen molar-refractivity contribution in [1.82, 2.24) is 0 Å². The van der Waals surface area contributed by atoms with Crippen LogP contribution in [-0.2, 0) is 6.54 Å². The van der Waals surface area contributed by atoms with E-state index in [4.69, 9.17) is 0 Å². The molecule has 2 aliphatic rings. The van der Waals surface area contributed by atoms with E-state index in [-0.39, 0.29) is 0 Å². The van der Waals surface area contributed by atoms with Crippen molar-refractivity contribution in [2.45, 2.75) is 6.54 Å². The van der Waals surface area contributed by atoms with Gasteiger partial charge in [-0.1, -0.05) is 24.3 Å². The lowest BCUT2D eigenvalue weighted by atomic mass is 10.0. The highest BCUT2D eigenvalue weighted by Gasteiger charge is 2.22. The summed E-state index contributed by atoms with van der Waals surface area (Å²) >= 11 is 0. The van der Waals surface area contributed by atoms with Gasteiger partial charge in [-0.05, 0) is 10.6 Å². The molecule has 1 aromatic rings. The van der Waals surface area contributed by atoms with Crippen LogP contribution in [0.1, 0.15) is 11.1 Å². The first kappa shape index (κ1) is 6.78. The van der Waals surface area contributed by atoms with E-state index in [1.54, 1.807) is 0 Å². The van der Waals surface area contributed by atoms with Crippen LogP contribution in [0.4, 0.5) is 0 Å². The maximum absolute atomic E-state index is 4.26. The highest BCUT2D eigenvalue weighted by molar-refractivity contribution is 6.15. The zero-order valence-electron chi connectivity index (χ0n) is 7.14. The largest absolute Gasteiger partial charge is 0.324 e. The molecule has 2 aliphatic heterocycles. The fourth-order valence-corrected chi connectivity index (χ4v) is 1.74. The van der Waals surface area contributed by atoms with Gasteiger partial charge in [0.05, 0.1) is 0 Å². The van der Waals surface area contributed by atoms with Gasteiger partial charge in [-0.15, -0.1) is 0 Å². The Labute approximate surface area is 76.6 Å². The third-order valence-corrected chi connectivity index (χ3v) is 2.43. The molecule has 0 atom stereocenters. The minimum Gasteiger partial charge on any atom is -0.223 e. The van der Waals surface area contributed by atoms with Crippen molar-refractivity contribution in [3.05, 3.63) is 41.2 Å². The quantitative estimate of drug-likeness (QED) is 0.525. The van der Waals surface area contributed by atoms with E-state index in [9.17, 15) is 0 Å². The Morgan fingerprint density at radius 1 is 1.23 bits per heavy atom. The topological polar surface area (TPSA) is 15.4 Å². The summed E-state index contributed by atoms with van der Waals surface area (Å²) in [6, 6.07) is 8.44. The smallest absolute Gasteiger partial charge is 0.223 e. The monoisotopic (exact) mass is 169 g/mol. The maximum Gasteiger partial charge on any atom is 0.324 e. The number of nitrogens with zero attached hydrogens (tertiary/aromatic N) is 2. The van der Waals surface area contributed by atoms with Crippen molar-refractivity contribution in [2.24, 2.45) is 4.99 Å². The Hall–Kier alpha value is -1.70. The Balaban J connectivity index is 2.21. The van der Waals surface area contributed by atoms with E-state index in [1.807, 2.05) is 12.4 Å². The van der Waals surface area contributed by atoms with Crippen molar-refractivity contribution >= 4 is 18.5 Å². The second kappa shape index (κ2) is 2.39. The molecule has 0 amide bonds. The summed E-state index contributed by atoms with van der Waals surface area (Å²) in [5.74, 6) is 1.05. The van der Waals surface area contributed by atoms with E-state index in [1.165, 1.54) is 11.1 Å². The van der Waals surface area contributed by atoms with Gasteiger partial charge in [0.15, 0.2) is 6.21 Å². The number of fused-ring (bicyclic) bond motifs is 2. The lowest BCUT2D eigenvalue weighted by Crippen LogP contribution is -2.12. The number of aliphatic imine (C=N–C) groups is 1. The molecule has 0 fully saturated rings. The molecule has 1 aromatic carbocycles. The van der Waals surface area contributed by atoms with E-state index in [2.05, 4.69) is 39.9 Å². The molecule has 0 aromatic heterocycles. The van der Waals surface area contributed by atoms with Crippen molar-refractivity contribution in [3.8, 4) is 0 Å². The van der Waals surface area contributed by atoms with Gasteiger partial charge < -0.3 is 0 Å². The first-order valence-electron chi connectivity index (χ1n) is 4.37. The average Bonchev–Trinajstić information content (AvgIpc) is 2.61. The summed E-state index contributed by atoms with van der Waals surface area (Å²) < 4.78 is 2.16. The van der Waals surface area contributed by atoms with Gasteiger partial charge >= 0.3 is 5.82 Å². The summed E-state index contributed by atoms with van der Waals surface area (Å²) in [7, 11) is 0. The molecule has 0 saturated carbocycles. The molecule has 0 saturated heterocycles. The molecule has 3 rings (SSSR count). The Morgan fingerprint density at radius 2 is 2.15 bits per heavy atom. The van der Waals surface area contributed by atoms with Gasteiger partial charge in [0.1, 0.15) is 12.8 Å². The second-order valence-corrected chi connectivity index (χ2v) is 3.26. The molecule has 0 N–H and O–H groups in total. The lowest BCUT2D eigenvalue weighted by molar-refractivity contribution is -0.485. The first-order chi connectivity index (χ1) is 6.43. The van der Waals surface area contributed by atoms with Crippen molar-refractivity contribution < 1.29 is 4.58 Å². The summed E-state index contributed by atoms with van der Waals surface area (Å²) in [4.78, 5) is 4.26. The molecule has 0 unspecified atom stereocenters. The van der Waals surface area contributed by atoms with E-state index in [0.29, 0.717) is 0 Å². The second-order valence-electron chi connectivity index (χ2n) is 3.26. The molecule has 2 heterocycles. The summed E-state index contributed by atoms with van der Waals surface area (Å²) in [6.07, 6.45) is 5.98. The Morgan fingerprint density at radius 3 is 3.15 bits per heavy atom. The van der Waals surface area contributed by atoms with Crippen LogP contribution in [0.2, 0.25) is 0 Å². The predicted molar refractivity (Wildman–Crippen MR) is 52.9 cm³/mol. The number of hydrogen-bond acceptors (Lipinski definition) is 1. The summed E-state index contributed by atoms with van der Waals surface area (Å²) in [6.45, 7) is 0.946. The van der Waals surface area contributed by atoms with Crippen LogP contribution in [0.5, 0.6) is 0 Å². The molecular weight excluding hydrogens is 160 g/mol. The van der Waals surface area contributed by atoms with Gasteiger partial charge in [0.25, 0.3) is 0 Å². The fourth-order valence-electron chi connectivity index (χ4n) is 1.74. The lowest BCUT2D eigenvalue weighted by Gasteiger charge is -2.10. The normalized spacial score (nSPS) is 17.5. The third kappa shape index (κ3) is 0.952. The SMILES string of the molecule is C1=NC2=Cc3ccccc3C[N+]2=C1. The Bertz CT molecular complexity index is 453. The zero-order valence-corrected chi connectivity index (χ0v) is 7.14. The van der Waals surface area contributed by atoms with Crippen LogP contribution in [0.3, 0.4) is 0 Å². The molecule has 0 bridgehead atoms. The van der Waals surface area contributed by atoms with Crippen LogP contribution < -0.4 is 0 Å². The van der Waals surface area contributed by atoms with Gasteiger partial charge in [0, 0.05) is 11.6 Å². The van der Waals surface area contributed by atoms with Gasteiger partial charge in [-0.3, -0.25) is 0 Å². The van der Waals surface area contributed by atoms with E-state index < -0.39 is 0 Å². The third-order valence-electron chi connectivity index (χ3n) is 2.43. The highest BCUT2D eigenvalue weighted by Crippen LogP contribution is 2.22. The van der Waals surface area contributed by atoms with Crippen LogP contribution in [0, 0.1) is 0 Å². The van der Waals surface area contributed by atoms with Gasteiger partial charge in [-0.25, -0.2) is 4.58 Å². The Kier molecular flexibility index (Phi) is 1.25. The van der Waals surface area contributed by atoms with Crippen molar-refractivity contribution in [1.29, 1.82) is 0 Å². The molecule has 2 heteroatoms. The average molecular weight is 169 g/mol. The van der Waals surface area contributed by atoms with E-state index >= 15 is 0 Å². The van der Waals surface area contributed by atoms with E-state index in [0.717, 1.165) is 12.4 Å². The van der Waals surface area contributed by atoms with Gasteiger partial charge in [-0.2, -0.15) is 0 Å². The highest BCUT2D eigenvalue weighted by atomic mass is 15.2. The van der Waals surface area contributed by atoms with Crippen LogP contribution >= 0.6 is 0 Å². The molecule has 0 spiro atoms. The molecular formula is C11H9N2+. The molecule has 62 valence electrons. The van der Waals surface area contributed by atoms with Crippen LogP contribution in [-0.4, -0.2) is 17.0 Å². The summed E-state index contributed by atoms with van der Waals surface area (Å²) in [5, 5.41) is 0. The van der Waals surface area contributed by atoms with Crippen LogP contribution in [0.25, 0.3) is 6.08 Å². The van der Waals surface area contributed by atoms with Crippen molar-refractivity contribution in [2.75, 3.05) is 0 Å². The fraction of sp³-hybridized carbons (Fsp3) is 0.0909. The zero-order chi connectivity index (χ0) is 8.67. The minimum absolute atomic E-state index is 0.946. The van der Waals surface area contributed by atoms with Crippen LogP contribution in [0.15, 0.2) is 35.1 Å². The standard InChI is InChI=1S/C11H9N2/c1-2-4-10-8-13-6-5-12-11(13)7-9(10)3-1/h1-7H,8H2/q+1. The maximum atomic E-state index is 4.26.